The molecule has 0 saturated heterocycles. The molecule has 0 bridgehead atoms. The highest BCUT2D eigenvalue weighted by Crippen LogP contribution is 2.34. The van der Waals surface area contributed by atoms with E-state index in [-0.39, 0.29) is 6.04 Å². The van der Waals surface area contributed by atoms with Crippen LogP contribution in [0.15, 0.2) is 28.7 Å². The molecule has 0 aliphatic carbocycles. The maximum absolute atomic E-state index is 11.9. The maximum atomic E-state index is 11.9. The molecule has 5 heteroatoms. The smallest absolute Gasteiger partial charge is 0.151 e. The van der Waals surface area contributed by atoms with Crippen LogP contribution in [0.3, 0.4) is 0 Å². The van der Waals surface area contributed by atoms with Gasteiger partial charge in [-0.2, -0.15) is 0 Å². The van der Waals surface area contributed by atoms with Gasteiger partial charge < -0.3 is 9.73 Å². The van der Waals surface area contributed by atoms with E-state index in [9.17, 15) is 8.42 Å². The molecule has 2 atom stereocenters. The summed E-state index contributed by atoms with van der Waals surface area (Å²) in [4.78, 5) is 0. The summed E-state index contributed by atoms with van der Waals surface area (Å²) in [5.74, 6) is 0.848. The summed E-state index contributed by atoms with van der Waals surface area (Å²) in [6.45, 7) is 3.75. The SMILES string of the molecule is CCc1oc2ccccc2c1C(NC)C(C)S(C)(=O)=O. The summed E-state index contributed by atoms with van der Waals surface area (Å²) >= 11 is 0. The molecule has 1 heterocycles. The topological polar surface area (TPSA) is 59.3 Å². The van der Waals surface area contributed by atoms with Crippen LogP contribution in [0.25, 0.3) is 11.0 Å². The lowest BCUT2D eigenvalue weighted by Crippen LogP contribution is -2.33. The zero-order chi connectivity index (χ0) is 14.9. The van der Waals surface area contributed by atoms with E-state index in [1.54, 1.807) is 14.0 Å². The fourth-order valence-electron chi connectivity index (χ4n) is 2.58. The van der Waals surface area contributed by atoms with E-state index in [0.29, 0.717) is 0 Å². The molecule has 0 aliphatic rings. The molecule has 1 aromatic heterocycles. The van der Waals surface area contributed by atoms with E-state index in [0.717, 1.165) is 28.7 Å². The number of sulfone groups is 1. The van der Waals surface area contributed by atoms with Gasteiger partial charge in [-0.05, 0) is 20.0 Å². The Balaban J connectivity index is 2.65. The monoisotopic (exact) mass is 295 g/mol. The molecule has 2 aromatic rings. The van der Waals surface area contributed by atoms with Crippen LogP contribution in [-0.2, 0) is 16.3 Å². The van der Waals surface area contributed by atoms with Crippen LogP contribution in [0, 0.1) is 0 Å². The third-order valence-electron chi connectivity index (χ3n) is 3.80. The molecule has 1 aromatic carbocycles. The highest BCUT2D eigenvalue weighted by atomic mass is 32.2. The average Bonchev–Trinajstić information content (AvgIpc) is 2.77. The van der Waals surface area contributed by atoms with Gasteiger partial charge in [-0.15, -0.1) is 0 Å². The molecular weight excluding hydrogens is 274 g/mol. The Hall–Kier alpha value is -1.33. The second kappa shape index (κ2) is 5.58. The van der Waals surface area contributed by atoms with Gasteiger partial charge in [0, 0.05) is 23.6 Å². The molecule has 0 saturated carbocycles. The molecule has 4 nitrogen and oxygen atoms in total. The van der Waals surface area contributed by atoms with Crippen LogP contribution in [-0.4, -0.2) is 27.0 Å². The van der Waals surface area contributed by atoms with Crippen molar-refractivity contribution in [1.82, 2.24) is 5.32 Å². The molecule has 0 aliphatic heterocycles. The van der Waals surface area contributed by atoms with Gasteiger partial charge in [0.2, 0.25) is 0 Å². The van der Waals surface area contributed by atoms with E-state index in [1.165, 1.54) is 6.26 Å². The van der Waals surface area contributed by atoms with Crippen molar-refractivity contribution in [3.05, 3.63) is 35.6 Å². The average molecular weight is 295 g/mol. The summed E-state index contributed by atoms with van der Waals surface area (Å²) in [6, 6.07) is 7.48. The van der Waals surface area contributed by atoms with Crippen molar-refractivity contribution in [2.45, 2.75) is 31.6 Å². The Labute approximate surface area is 120 Å². The first-order valence-electron chi connectivity index (χ1n) is 6.76. The van der Waals surface area contributed by atoms with Crippen molar-refractivity contribution in [3.8, 4) is 0 Å². The predicted octanol–water partition coefficient (Wildman–Crippen LogP) is 2.69. The van der Waals surface area contributed by atoms with Crippen molar-refractivity contribution in [2.75, 3.05) is 13.3 Å². The Morgan fingerprint density at radius 1 is 1.30 bits per heavy atom. The predicted molar refractivity (Wildman–Crippen MR) is 81.7 cm³/mol. The largest absolute Gasteiger partial charge is 0.461 e. The van der Waals surface area contributed by atoms with Gasteiger partial charge in [-0.25, -0.2) is 8.42 Å². The van der Waals surface area contributed by atoms with Gasteiger partial charge >= 0.3 is 0 Å². The number of hydrogen-bond donors (Lipinski definition) is 1. The van der Waals surface area contributed by atoms with Crippen LogP contribution in [0.1, 0.15) is 31.2 Å². The quantitative estimate of drug-likeness (QED) is 0.921. The van der Waals surface area contributed by atoms with Crippen molar-refractivity contribution in [3.63, 3.8) is 0 Å². The Morgan fingerprint density at radius 2 is 1.95 bits per heavy atom. The lowest BCUT2D eigenvalue weighted by atomic mass is 9.99. The van der Waals surface area contributed by atoms with Crippen molar-refractivity contribution < 1.29 is 12.8 Å². The van der Waals surface area contributed by atoms with Gasteiger partial charge in [0.1, 0.15) is 11.3 Å². The molecule has 20 heavy (non-hydrogen) atoms. The molecular formula is C15H21NO3S. The number of rotatable bonds is 5. The molecule has 1 N–H and O–H groups in total. The number of fused-ring (bicyclic) bond motifs is 1. The van der Waals surface area contributed by atoms with Gasteiger partial charge in [0.25, 0.3) is 0 Å². The van der Waals surface area contributed by atoms with Gasteiger partial charge in [-0.1, -0.05) is 25.1 Å². The standard InChI is InChI=1S/C15H21NO3S/c1-5-12-14(11-8-6-7-9-13(11)19-12)15(16-3)10(2)20(4,17)18/h6-10,15-16H,5H2,1-4H3. The fraction of sp³-hybridized carbons (Fsp3) is 0.467. The van der Waals surface area contributed by atoms with E-state index in [4.69, 9.17) is 4.42 Å². The summed E-state index contributed by atoms with van der Waals surface area (Å²) in [5.41, 5.74) is 1.77. The molecule has 2 unspecified atom stereocenters. The normalized spacial score (nSPS) is 15.4. The molecule has 0 fully saturated rings. The highest BCUT2D eigenvalue weighted by molar-refractivity contribution is 7.91. The van der Waals surface area contributed by atoms with E-state index in [1.807, 2.05) is 31.2 Å². The minimum absolute atomic E-state index is 0.274. The highest BCUT2D eigenvalue weighted by Gasteiger charge is 2.30. The Morgan fingerprint density at radius 3 is 2.50 bits per heavy atom. The van der Waals surface area contributed by atoms with E-state index < -0.39 is 15.1 Å². The first-order chi connectivity index (χ1) is 9.40. The number of benzene rings is 1. The molecule has 2 rings (SSSR count). The zero-order valence-corrected chi connectivity index (χ0v) is 13.1. The van der Waals surface area contributed by atoms with Crippen LogP contribution in [0.5, 0.6) is 0 Å². The lowest BCUT2D eigenvalue weighted by Gasteiger charge is -2.22. The summed E-state index contributed by atoms with van der Waals surface area (Å²) in [5, 5.41) is 3.61. The first-order valence-corrected chi connectivity index (χ1v) is 8.72. The second-order valence-electron chi connectivity index (χ2n) is 5.09. The van der Waals surface area contributed by atoms with E-state index >= 15 is 0 Å². The number of nitrogens with one attached hydrogen (secondary N) is 1. The number of hydrogen-bond acceptors (Lipinski definition) is 4. The Bertz CT molecular complexity index is 703. The second-order valence-corrected chi connectivity index (χ2v) is 7.49. The molecule has 0 amide bonds. The summed E-state index contributed by atoms with van der Waals surface area (Å²) in [7, 11) is -1.35. The van der Waals surface area contributed by atoms with Crippen LogP contribution >= 0.6 is 0 Å². The first kappa shape index (κ1) is 15.1. The lowest BCUT2D eigenvalue weighted by molar-refractivity contribution is 0.506. The maximum Gasteiger partial charge on any atom is 0.151 e. The third-order valence-corrected chi connectivity index (χ3v) is 5.42. The van der Waals surface area contributed by atoms with E-state index in [2.05, 4.69) is 5.32 Å². The van der Waals surface area contributed by atoms with Gasteiger partial charge in [-0.3, -0.25) is 0 Å². The Kier molecular flexibility index (Phi) is 4.20. The van der Waals surface area contributed by atoms with Crippen LogP contribution in [0.2, 0.25) is 0 Å². The summed E-state index contributed by atoms with van der Waals surface area (Å²) < 4.78 is 29.6. The summed E-state index contributed by atoms with van der Waals surface area (Å²) in [6.07, 6.45) is 2.01. The van der Waals surface area contributed by atoms with Crippen molar-refractivity contribution in [2.24, 2.45) is 0 Å². The van der Waals surface area contributed by atoms with Crippen LogP contribution < -0.4 is 5.32 Å². The number of aryl methyl sites for hydroxylation is 1. The number of para-hydroxylation sites is 1. The number of furan rings is 1. The minimum Gasteiger partial charge on any atom is -0.461 e. The third kappa shape index (κ3) is 2.60. The fourth-order valence-corrected chi connectivity index (χ4v) is 3.35. The minimum atomic E-state index is -3.14. The molecule has 0 radical (unpaired) electrons. The van der Waals surface area contributed by atoms with Crippen LogP contribution in [0.4, 0.5) is 0 Å². The van der Waals surface area contributed by atoms with Gasteiger partial charge in [0.05, 0.1) is 11.3 Å². The molecule has 110 valence electrons. The van der Waals surface area contributed by atoms with Gasteiger partial charge in [0.15, 0.2) is 9.84 Å². The zero-order valence-electron chi connectivity index (χ0n) is 12.3. The molecule has 0 spiro atoms. The van der Waals surface area contributed by atoms with Crippen molar-refractivity contribution in [1.29, 1.82) is 0 Å². The van der Waals surface area contributed by atoms with Crippen molar-refractivity contribution >= 4 is 20.8 Å².